The number of hydrogen-bond donors (Lipinski definition) is 0. The molecule has 0 bridgehead atoms. The van der Waals surface area contributed by atoms with Crippen LogP contribution in [0.15, 0.2) is 42.5 Å². The van der Waals surface area contributed by atoms with Crippen molar-refractivity contribution >= 4 is 5.69 Å². The van der Waals surface area contributed by atoms with Gasteiger partial charge in [-0.3, -0.25) is 0 Å². The third kappa shape index (κ3) is 1.76. The van der Waals surface area contributed by atoms with E-state index in [1.54, 1.807) is 0 Å². The van der Waals surface area contributed by atoms with E-state index in [1.165, 1.54) is 27.9 Å². The summed E-state index contributed by atoms with van der Waals surface area (Å²) in [6.07, 6.45) is 0. The summed E-state index contributed by atoms with van der Waals surface area (Å²) >= 11 is 0. The van der Waals surface area contributed by atoms with Crippen molar-refractivity contribution in [1.29, 1.82) is 0 Å². The molecule has 0 saturated carbocycles. The van der Waals surface area contributed by atoms with Crippen LogP contribution in [-0.4, -0.2) is 14.1 Å². The van der Waals surface area contributed by atoms with Crippen LogP contribution in [-0.2, 0) is 0 Å². The number of fused-ring (bicyclic) bond motifs is 2. The van der Waals surface area contributed by atoms with Crippen molar-refractivity contribution < 1.29 is 0 Å². The fourth-order valence-corrected chi connectivity index (χ4v) is 3.43. The first-order valence-corrected chi connectivity index (χ1v) is 7.00. The van der Waals surface area contributed by atoms with E-state index in [0.717, 1.165) is 0 Å². The Morgan fingerprint density at radius 2 is 1.32 bits per heavy atom. The molecular formula is C18H21N. The van der Waals surface area contributed by atoms with E-state index in [-0.39, 0.29) is 0 Å². The first-order valence-electron chi connectivity index (χ1n) is 7.00. The van der Waals surface area contributed by atoms with Crippen molar-refractivity contribution in [3.8, 4) is 0 Å². The van der Waals surface area contributed by atoms with Crippen LogP contribution in [0.3, 0.4) is 0 Å². The average molecular weight is 251 g/mol. The normalized spacial score (nSPS) is 20.6. The van der Waals surface area contributed by atoms with Gasteiger partial charge in [0.2, 0.25) is 0 Å². The summed E-state index contributed by atoms with van der Waals surface area (Å²) in [6, 6.07) is 15.6. The molecule has 0 aliphatic heterocycles. The van der Waals surface area contributed by atoms with Gasteiger partial charge in [0.05, 0.1) is 0 Å². The summed E-state index contributed by atoms with van der Waals surface area (Å²) in [5.41, 5.74) is 7.30. The number of benzene rings is 2. The molecule has 0 heterocycles. The molecule has 1 heteroatoms. The fourth-order valence-electron chi connectivity index (χ4n) is 3.43. The van der Waals surface area contributed by atoms with Gasteiger partial charge >= 0.3 is 0 Å². The monoisotopic (exact) mass is 251 g/mol. The molecule has 2 atom stereocenters. The predicted octanol–water partition coefficient (Wildman–Crippen LogP) is 4.37. The molecule has 0 aromatic heterocycles. The lowest BCUT2D eigenvalue weighted by Gasteiger charge is -2.34. The lowest BCUT2D eigenvalue weighted by atomic mass is 9.73. The quantitative estimate of drug-likeness (QED) is 0.727. The van der Waals surface area contributed by atoms with Crippen molar-refractivity contribution in [3.63, 3.8) is 0 Å². The summed E-state index contributed by atoms with van der Waals surface area (Å²) < 4.78 is 0. The molecule has 0 amide bonds. The molecule has 2 aromatic rings. The highest BCUT2D eigenvalue weighted by molar-refractivity contribution is 5.64. The molecule has 0 saturated heterocycles. The second kappa shape index (κ2) is 4.41. The molecule has 1 nitrogen and oxygen atoms in total. The topological polar surface area (TPSA) is 3.24 Å². The molecule has 2 unspecified atom stereocenters. The summed E-state index contributed by atoms with van der Waals surface area (Å²) in [7, 11) is 4.26. The SMILES string of the molecule is CC1c2ccccc2C(C)c2c1cccc2N(C)C. The van der Waals surface area contributed by atoms with Crippen LogP contribution < -0.4 is 4.90 Å². The highest BCUT2D eigenvalue weighted by Crippen LogP contribution is 2.46. The average Bonchev–Trinajstić information content (AvgIpc) is 2.44. The Kier molecular flexibility index (Phi) is 2.85. The Balaban J connectivity index is 2.26. The molecule has 0 radical (unpaired) electrons. The summed E-state index contributed by atoms with van der Waals surface area (Å²) in [6.45, 7) is 4.65. The van der Waals surface area contributed by atoms with Crippen molar-refractivity contribution in [1.82, 2.24) is 0 Å². The highest BCUT2D eigenvalue weighted by Gasteiger charge is 2.29. The number of nitrogens with zero attached hydrogens (tertiary/aromatic N) is 1. The van der Waals surface area contributed by atoms with Gasteiger partial charge in [0.1, 0.15) is 0 Å². The molecule has 1 aliphatic rings. The minimum absolute atomic E-state index is 0.473. The zero-order chi connectivity index (χ0) is 13.6. The van der Waals surface area contributed by atoms with E-state index in [9.17, 15) is 0 Å². The smallest absolute Gasteiger partial charge is 0.0402 e. The lowest BCUT2D eigenvalue weighted by molar-refractivity contribution is 0.768. The fraction of sp³-hybridized carbons (Fsp3) is 0.333. The van der Waals surface area contributed by atoms with Crippen LogP contribution in [0, 0.1) is 0 Å². The van der Waals surface area contributed by atoms with E-state index in [2.05, 4.69) is 75.3 Å². The summed E-state index contributed by atoms with van der Waals surface area (Å²) in [5.74, 6) is 0.961. The maximum absolute atomic E-state index is 2.33. The van der Waals surface area contributed by atoms with Crippen molar-refractivity contribution in [3.05, 3.63) is 64.7 Å². The van der Waals surface area contributed by atoms with Crippen molar-refractivity contribution in [2.45, 2.75) is 25.7 Å². The maximum atomic E-state index is 2.33. The van der Waals surface area contributed by atoms with E-state index in [0.29, 0.717) is 11.8 Å². The van der Waals surface area contributed by atoms with Crippen LogP contribution >= 0.6 is 0 Å². The van der Waals surface area contributed by atoms with Gasteiger partial charge in [-0.25, -0.2) is 0 Å². The van der Waals surface area contributed by atoms with Gasteiger partial charge in [0.25, 0.3) is 0 Å². The van der Waals surface area contributed by atoms with Gasteiger partial charge < -0.3 is 4.90 Å². The number of anilines is 1. The molecule has 19 heavy (non-hydrogen) atoms. The lowest BCUT2D eigenvalue weighted by Crippen LogP contribution is -2.20. The summed E-state index contributed by atoms with van der Waals surface area (Å²) in [5, 5.41) is 0. The van der Waals surface area contributed by atoms with E-state index in [1.807, 2.05) is 0 Å². The van der Waals surface area contributed by atoms with Gasteiger partial charge in [-0.2, -0.15) is 0 Å². The van der Waals surface area contributed by atoms with Gasteiger partial charge in [-0.05, 0) is 28.3 Å². The van der Waals surface area contributed by atoms with Crippen molar-refractivity contribution in [2.24, 2.45) is 0 Å². The third-order valence-corrected chi connectivity index (χ3v) is 4.43. The first-order chi connectivity index (χ1) is 9.11. The Morgan fingerprint density at radius 3 is 1.95 bits per heavy atom. The second-order valence-electron chi connectivity index (χ2n) is 5.75. The molecule has 1 aliphatic carbocycles. The molecular weight excluding hydrogens is 230 g/mol. The van der Waals surface area contributed by atoms with Crippen LogP contribution in [0.1, 0.15) is 47.9 Å². The molecule has 0 spiro atoms. The van der Waals surface area contributed by atoms with E-state index in [4.69, 9.17) is 0 Å². The van der Waals surface area contributed by atoms with Gasteiger partial charge in [-0.15, -0.1) is 0 Å². The van der Waals surface area contributed by atoms with Crippen LogP contribution in [0.4, 0.5) is 5.69 Å². The Bertz CT molecular complexity index is 613. The molecule has 2 aromatic carbocycles. The molecule has 0 fully saturated rings. The standard InChI is InChI=1S/C18H21N/c1-12-14-8-5-6-9-15(14)13(2)18-16(12)10-7-11-17(18)19(3)4/h5-13H,1-4H3. The molecule has 0 N–H and O–H groups in total. The van der Waals surface area contributed by atoms with E-state index >= 15 is 0 Å². The molecule has 98 valence electrons. The summed E-state index contributed by atoms with van der Waals surface area (Å²) in [4.78, 5) is 2.23. The van der Waals surface area contributed by atoms with E-state index < -0.39 is 0 Å². The zero-order valence-corrected chi connectivity index (χ0v) is 12.1. The van der Waals surface area contributed by atoms with Gasteiger partial charge in [-0.1, -0.05) is 50.2 Å². The van der Waals surface area contributed by atoms with Gasteiger partial charge in [0, 0.05) is 31.6 Å². The second-order valence-corrected chi connectivity index (χ2v) is 5.75. The maximum Gasteiger partial charge on any atom is 0.0402 e. The third-order valence-electron chi connectivity index (χ3n) is 4.43. The minimum atomic E-state index is 0.473. The zero-order valence-electron chi connectivity index (χ0n) is 12.1. The van der Waals surface area contributed by atoms with Crippen molar-refractivity contribution in [2.75, 3.05) is 19.0 Å². The largest absolute Gasteiger partial charge is 0.377 e. The number of rotatable bonds is 1. The minimum Gasteiger partial charge on any atom is -0.377 e. The van der Waals surface area contributed by atoms with Crippen LogP contribution in [0.25, 0.3) is 0 Å². The number of hydrogen-bond acceptors (Lipinski definition) is 1. The Morgan fingerprint density at radius 1 is 0.737 bits per heavy atom. The predicted molar refractivity (Wildman–Crippen MR) is 82.2 cm³/mol. The Labute approximate surface area is 115 Å². The van der Waals surface area contributed by atoms with Crippen LogP contribution in [0.2, 0.25) is 0 Å². The molecule has 3 rings (SSSR count). The van der Waals surface area contributed by atoms with Gasteiger partial charge in [0.15, 0.2) is 0 Å². The Hall–Kier alpha value is -1.76. The highest BCUT2D eigenvalue weighted by atomic mass is 15.1. The van der Waals surface area contributed by atoms with Crippen LogP contribution in [0.5, 0.6) is 0 Å². The first kappa shape index (κ1) is 12.3.